The maximum Gasteiger partial charge on any atom is 0.272 e. The number of anilines is 1. The van der Waals surface area contributed by atoms with Crippen LogP contribution in [0.3, 0.4) is 0 Å². The van der Waals surface area contributed by atoms with Gasteiger partial charge in [0.1, 0.15) is 0 Å². The van der Waals surface area contributed by atoms with E-state index in [1.807, 2.05) is 41.8 Å². The topological polar surface area (TPSA) is 70.6 Å². The van der Waals surface area contributed by atoms with E-state index >= 15 is 0 Å². The Bertz CT molecular complexity index is 1000. The smallest absolute Gasteiger partial charge is 0.272 e. The van der Waals surface area contributed by atoms with Crippen LogP contribution in [0.1, 0.15) is 32.5 Å². The number of hydrazone groups is 1. The maximum absolute atomic E-state index is 12.2. The van der Waals surface area contributed by atoms with Crippen molar-refractivity contribution in [1.29, 1.82) is 0 Å². The Morgan fingerprint density at radius 1 is 1.00 bits per heavy atom. The van der Waals surface area contributed by atoms with Gasteiger partial charge in [0.2, 0.25) is 0 Å². The van der Waals surface area contributed by atoms with Gasteiger partial charge in [-0.15, -0.1) is 11.3 Å². The lowest BCUT2D eigenvalue weighted by molar-refractivity contribution is 0.0953. The third kappa shape index (κ3) is 4.90. The highest BCUT2D eigenvalue weighted by Gasteiger charge is 2.10. The van der Waals surface area contributed by atoms with Gasteiger partial charge in [-0.05, 0) is 64.1 Å². The number of nitrogens with one attached hydrogen (secondary N) is 2. The summed E-state index contributed by atoms with van der Waals surface area (Å²) in [6, 6.07) is 18.1. The maximum atomic E-state index is 12.2. The van der Waals surface area contributed by atoms with Crippen molar-refractivity contribution in [2.45, 2.75) is 6.92 Å². The van der Waals surface area contributed by atoms with Gasteiger partial charge in [-0.3, -0.25) is 9.59 Å². The summed E-state index contributed by atoms with van der Waals surface area (Å²) in [5.41, 5.74) is 5.15. The molecule has 5 nitrogen and oxygen atoms in total. The Balaban J connectivity index is 1.70. The standard InChI is InChI=1S/C20H16BrN3O2S/c1-13(23-24-19(25)16-8-2-3-9-17(16)21)14-6-4-7-15(12-14)22-20(26)18-10-5-11-27-18/h2-12H,1H3,(H,22,26)(H,24,25). The number of thiophene rings is 1. The molecule has 0 spiro atoms. The van der Waals surface area contributed by atoms with Gasteiger partial charge < -0.3 is 5.32 Å². The molecule has 0 saturated heterocycles. The van der Waals surface area contributed by atoms with Crippen molar-refractivity contribution in [1.82, 2.24) is 5.43 Å². The van der Waals surface area contributed by atoms with Crippen molar-refractivity contribution in [3.8, 4) is 0 Å². The van der Waals surface area contributed by atoms with E-state index in [1.54, 1.807) is 31.2 Å². The molecule has 1 aromatic heterocycles. The molecule has 3 aromatic rings. The summed E-state index contributed by atoms with van der Waals surface area (Å²) in [5, 5.41) is 8.89. The molecule has 0 saturated carbocycles. The van der Waals surface area contributed by atoms with Crippen molar-refractivity contribution in [2.24, 2.45) is 5.10 Å². The van der Waals surface area contributed by atoms with Crippen LogP contribution in [-0.2, 0) is 0 Å². The Morgan fingerprint density at radius 2 is 1.81 bits per heavy atom. The van der Waals surface area contributed by atoms with Crippen LogP contribution in [0.4, 0.5) is 5.69 Å². The first-order valence-electron chi connectivity index (χ1n) is 8.09. The largest absolute Gasteiger partial charge is 0.321 e. The number of benzene rings is 2. The average molecular weight is 442 g/mol. The van der Waals surface area contributed by atoms with E-state index in [0.717, 1.165) is 5.56 Å². The predicted octanol–water partition coefficient (Wildman–Crippen LogP) is 4.92. The van der Waals surface area contributed by atoms with Crippen LogP contribution in [0.5, 0.6) is 0 Å². The monoisotopic (exact) mass is 441 g/mol. The van der Waals surface area contributed by atoms with Crippen molar-refractivity contribution < 1.29 is 9.59 Å². The minimum atomic E-state index is -0.302. The lowest BCUT2D eigenvalue weighted by Crippen LogP contribution is -2.19. The number of halogens is 1. The summed E-state index contributed by atoms with van der Waals surface area (Å²) >= 11 is 4.73. The van der Waals surface area contributed by atoms with Gasteiger partial charge in [-0.25, -0.2) is 5.43 Å². The molecule has 2 N–H and O–H groups in total. The van der Waals surface area contributed by atoms with Crippen LogP contribution in [0.25, 0.3) is 0 Å². The summed E-state index contributed by atoms with van der Waals surface area (Å²) in [5.74, 6) is -0.456. The molecule has 0 atom stereocenters. The second kappa shape index (κ2) is 8.75. The normalized spacial score (nSPS) is 11.1. The molecular weight excluding hydrogens is 426 g/mol. The molecule has 7 heteroatoms. The van der Waals surface area contributed by atoms with Crippen molar-refractivity contribution in [3.63, 3.8) is 0 Å². The second-order valence-electron chi connectivity index (χ2n) is 5.63. The van der Waals surface area contributed by atoms with E-state index in [9.17, 15) is 9.59 Å². The molecule has 0 aliphatic rings. The number of hydrogen-bond donors (Lipinski definition) is 2. The minimum absolute atomic E-state index is 0.154. The molecule has 0 radical (unpaired) electrons. The number of nitrogens with zero attached hydrogens (tertiary/aromatic N) is 1. The quantitative estimate of drug-likeness (QED) is 0.435. The van der Waals surface area contributed by atoms with Crippen LogP contribution in [0.15, 0.2) is 75.6 Å². The average Bonchev–Trinajstić information content (AvgIpc) is 3.21. The van der Waals surface area contributed by atoms with Crippen LogP contribution in [0.2, 0.25) is 0 Å². The van der Waals surface area contributed by atoms with E-state index in [-0.39, 0.29) is 11.8 Å². The first-order valence-corrected chi connectivity index (χ1v) is 9.76. The summed E-state index contributed by atoms with van der Waals surface area (Å²) in [4.78, 5) is 25.1. The highest BCUT2D eigenvalue weighted by Crippen LogP contribution is 2.17. The van der Waals surface area contributed by atoms with Crippen molar-refractivity contribution in [3.05, 3.63) is 86.5 Å². The van der Waals surface area contributed by atoms with E-state index in [0.29, 0.717) is 26.3 Å². The van der Waals surface area contributed by atoms with Gasteiger partial charge >= 0.3 is 0 Å². The zero-order chi connectivity index (χ0) is 19.2. The van der Waals surface area contributed by atoms with Crippen LogP contribution < -0.4 is 10.7 Å². The molecule has 0 aliphatic heterocycles. The minimum Gasteiger partial charge on any atom is -0.321 e. The van der Waals surface area contributed by atoms with Crippen LogP contribution in [-0.4, -0.2) is 17.5 Å². The summed E-state index contributed by atoms with van der Waals surface area (Å²) in [6.45, 7) is 1.79. The number of carbonyl (C=O) groups is 2. The summed E-state index contributed by atoms with van der Waals surface area (Å²) < 4.78 is 0.702. The van der Waals surface area contributed by atoms with E-state index in [2.05, 4.69) is 31.8 Å². The highest BCUT2D eigenvalue weighted by atomic mass is 79.9. The van der Waals surface area contributed by atoms with Crippen molar-refractivity contribution in [2.75, 3.05) is 5.32 Å². The van der Waals surface area contributed by atoms with Crippen molar-refractivity contribution >= 4 is 50.5 Å². The Morgan fingerprint density at radius 3 is 2.56 bits per heavy atom. The Kier molecular flexibility index (Phi) is 6.16. The fraction of sp³-hybridized carbons (Fsp3) is 0.0500. The molecule has 2 aromatic carbocycles. The Labute approximate surface area is 169 Å². The lowest BCUT2D eigenvalue weighted by Gasteiger charge is -2.07. The van der Waals surface area contributed by atoms with Gasteiger partial charge in [-0.2, -0.15) is 5.10 Å². The zero-order valence-electron chi connectivity index (χ0n) is 14.4. The zero-order valence-corrected chi connectivity index (χ0v) is 16.8. The molecule has 2 amide bonds. The van der Waals surface area contributed by atoms with Crippen LogP contribution in [0, 0.1) is 0 Å². The predicted molar refractivity (Wildman–Crippen MR) is 113 cm³/mol. The number of amides is 2. The number of hydrogen-bond acceptors (Lipinski definition) is 4. The third-order valence-corrected chi connectivity index (χ3v) is 5.29. The first-order chi connectivity index (χ1) is 13.0. The molecule has 136 valence electrons. The molecule has 1 heterocycles. The summed E-state index contributed by atoms with van der Waals surface area (Å²) in [6.07, 6.45) is 0. The molecular formula is C20H16BrN3O2S. The lowest BCUT2D eigenvalue weighted by atomic mass is 10.1. The second-order valence-corrected chi connectivity index (χ2v) is 7.43. The fourth-order valence-electron chi connectivity index (χ4n) is 2.33. The van der Waals surface area contributed by atoms with E-state index in [4.69, 9.17) is 0 Å². The molecule has 0 fully saturated rings. The van der Waals surface area contributed by atoms with Crippen LogP contribution >= 0.6 is 27.3 Å². The van der Waals surface area contributed by atoms with E-state index in [1.165, 1.54) is 11.3 Å². The highest BCUT2D eigenvalue weighted by molar-refractivity contribution is 9.10. The molecule has 0 aliphatic carbocycles. The SMILES string of the molecule is CC(=NNC(=O)c1ccccc1Br)c1cccc(NC(=O)c2cccs2)c1. The molecule has 3 rings (SSSR count). The van der Waals surface area contributed by atoms with Gasteiger partial charge in [0.05, 0.1) is 16.2 Å². The fourth-order valence-corrected chi connectivity index (χ4v) is 3.41. The third-order valence-electron chi connectivity index (χ3n) is 3.73. The molecule has 0 unspecified atom stereocenters. The summed E-state index contributed by atoms with van der Waals surface area (Å²) in [7, 11) is 0. The number of rotatable bonds is 5. The van der Waals surface area contributed by atoms with Gasteiger partial charge in [0.25, 0.3) is 11.8 Å². The van der Waals surface area contributed by atoms with Gasteiger partial charge in [-0.1, -0.05) is 30.3 Å². The molecule has 27 heavy (non-hydrogen) atoms. The van der Waals surface area contributed by atoms with Gasteiger partial charge in [0, 0.05) is 10.2 Å². The Hall–Kier alpha value is -2.77. The van der Waals surface area contributed by atoms with Gasteiger partial charge in [0.15, 0.2) is 0 Å². The molecule has 0 bridgehead atoms. The number of carbonyl (C=O) groups excluding carboxylic acids is 2. The van der Waals surface area contributed by atoms with E-state index < -0.39 is 0 Å². The first kappa shape index (κ1) is 19.0.